The van der Waals surface area contributed by atoms with Crippen molar-refractivity contribution >= 4 is 0 Å². The van der Waals surface area contributed by atoms with E-state index in [9.17, 15) is 9.50 Å². The van der Waals surface area contributed by atoms with Gasteiger partial charge >= 0.3 is 0 Å². The van der Waals surface area contributed by atoms with Crippen LogP contribution in [0.5, 0.6) is 11.5 Å². The zero-order valence-electron chi connectivity index (χ0n) is 8.59. The maximum atomic E-state index is 13.1. The number of phenols is 1. The van der Waals surface area contributed by atoms with Crippen molar-refractivity contribution in [2.75, 3.05) is 13.7 Å². The maximum Gasteiger partial charge on any atom is 0.168 e. The molecule has 1 aliphatic rings. The molecule has 1 unspecified atom stereocenters. The SMILES string of the molecule is COc1cc(F)c(O)cc1C1CCCN1. The normalized spacial score (nSPS) is 20.5. The van der Waals surface area contributed by atoms with Crippen LogP contribution >= 0.6 is 0 Å². The Morgan fingerprint density at radius 3 is 2.93 bits per heavy atom. The summed E-state index contributed by atoms with van der Waals surface area (Å²) in [4.78, 5) is 0. The molecule has 0 radical (unpaired) electrons. The number of benzene rings is 1. The van der Waals surface area contributed by atoms with Crippen molar-refractivity contribution < 1.29 is 14.2 Å². The van der Waals surface area contributed by atoms with Crippen LogP contribution in [0.3, 0.4) is 0 Å². The average molecular weight is 211 g/mol. The van der Waals surface area contributed by atoms with E-state index in [0.29, 0.717) is 5.75 Å². The Kier molecular flexibility index (Phi) is 2.77. The molecule has 15 heavy (non-hydrogen) atoms. The molecule has 0 saturated carbocycles. The van der Waals surface area contributed by atoms with Crippen LogP contribution in [0, 0.1) is 5.82 Å². The van der Waals surface area contributed by atoms with Crippen LogP contribution in [0.1, 0.15) is 24.4 Å². The fraction of sp³-hybridized carbons (Fsp3) is 0.455. The van der Waals surface area contributed by atoms with Crippen LogP contribution in [0.4, 0.5) is 4.39 Å². The average Bonchev–Trinajstić information content (AvgIpc) is 2.74. The Labute approximate surface area is 87.9 Å². The second-order valence-corrected chi connectivity index (χ2v) is 3.69. The fourth-order valence-electron chi connectivity index (χ4n) is 1.96. The Morgan fingerprint density at radius 1 is 1.53 bits per heavy atom. The van der Waals surface area contributed by atoms with Crippen molar-refractivity contribution in [3.8, 4) is 11.5 Å². The first kappa shape index (κ1) is 10.2. The van der Waals surface area contributed by atoms with Crippen LogP contribution in [0.2, 0.25) is 0 Å². The van der Waals surface area contributed by atoms with Crippen molar-refractivity contribution in [3.05, 3.63) is 23.5 Å². The van der Waals surface area contributed by atoms with Crippen molar-refractivity contribution in [2.24, 2.45) is 0 Å². The highest BCUT2D eigenvalue weighted by atomic mass is 19.1. The second kappa shape index (κ2) is 4.06. The van der Waals surface area contributed by atoms with Gasteiger partial charge in [0.2, 0.25) is 0 Å². The van der Waals surface area contributed by atoms with E-state index in [1.54, 1.807) is 0 Å². The van der Waals surface area contributed by atoms with Gasteiger partial charge in [0, 0.05) is 17.7 Å². The maximum absolute atomic E-state index is 13.1. The summed E-state index contributed by atoms with van der Waals surface area (Å²) in [6, 6.07) is 2.83. The highest BCUT2D eigenvalue weighted by Crippen LogP contribution is 2.34. The van der Waals surface area contributed by atoms with Gasteiger partial charge in [-0.3, -0.25) is 0 Å². The van der Waals surface area contributed by atoms with Crippen molar-refractivity contribution in [1.29, 1.82) is 0 Å². The number of halogens is 1. The summed E-state index contributed by atoms with van der Waals surface area (Å²) in [5.74, 6) is -0.474. The molecule has 1 atom stereocenters. The van der Waals surface area contributed by atoms with Gasteiger partial charge in [-0.1, -0.05) is 0 Å². The van der Waals surface area contributed by atoms with Crippen LogP contribution < -0.4 is 10.1 Å². The minimum absolute atomic E-state index is 0.159. The van der Waals surface area contributed by atoms with E-state index in [1.165, 1.54) is 19.2 Å². The quantitative estimate of drug-likeness (QED) is 0.785. The molecule has 0 aliphatic carbocycles. The van der Waals surface area contributed by atoms with Gasteiger partial charge in [0.05, 0.1) is 7.11 Å². The molecule has 0 amide bonds. The predicted molar refractivity (Wildman–Crippen MR) is 54.6 cm³/mol. The summed E-state index contributed by atoms with van der Waals surface area (Å²) in [6.45, 7) is 0.950. The van der Waals surface area contributed by atoms with E-state index in [1.807, 2.05) is 0 Å². The van der Waals surface area contributed by atoms with E-state index in [-0.39, 0.29) is 11.8 Å². The molecule has 2 rings (SSSR count). The third kappa shape index (κ3) is 1.90. The third-order valence-electron chi connectivity index (χ3n) is 2.73. The first-order chi connectivity index (χ1) is 7.22. The number of methoxy groups -OCH3 is 1. The smallest absolute Gasteiger partial charge is 0.168 e. The van der Waals surface area contributed by atoms with E-state index in [2.05, 4.69) is 5.32 Å². The molecular weight excluding hydrogens is 197 g/mol. The number of aromatic hydroxyl groups is 1. The first-order valence-corrected chi connectivity index (χ1v) is 5.02. The topological polar surface area (TPSA) is 41.5 Å². The monoisotopic (exact) mass is 211 g/mol. The van der Waals surface area contributed by atoms with Crippen LogP contribution in [0.25, 0.3) is 0 Å². The lowest BCUT2D eigenvalue weighted by Gasteiger charge is -2.15. The largest absolute Gasteiger partial charge is 0.505 e. The molecule has 0 spiro atoms. The molecule has 0 aromatic heterocycles. The van der Waals surface area contributed by atoms with Gasteiger partial charge in [-0.15, -0.1) is 0 Å². The molecule has 1 aromatic carbocycles. The Balaban J connectivity index is 2.39. The zero-order valence-corrected chi connectivity index (χ0v) is 8.59. The van der Waals surface area contributed by atoms with E-state index in [0.717, 1.165) is 24.9 Å². The number of rotatable bonds is 2. The second-order valence-electron chi connectivity index (χ2n) is 3.69. The summed E-state index contributed by atoms with van der Waals surface area (Å²) >= 11 is 0. The standard InChI is InChI=1S/C11H14FNO2/c1-15-11-6-8(12)10(14)5-7(11)9-3-2-4-13-9/h5-6,9,13-14H,2-4H2,1H3. The summed E-state index contributed by atoms with van der Waals surface area (Å²) in [7, 11) is 1.50. The number of hydrogen-bond acceptors (Lipinski definition) is 3. The molecule has 3 nitrogen and oxygen atoms in total. The zero-order chi connectivity index (χ0) is 10.8. The lowest BCUT2D eigenvalue weighted by atomic mass is 10.0. The van der Waals surface area contributed by atoms with Gasteiger partial charge in [-0.2, -0.15) is 0 Å². The van der Waals surface area contributed by atoms with E-state index in [4.69, 9.17) is 4.74 Å². The third-order valence-corrected chi connectivity index (χ3v) is 2.73. The predicted octanol–water partition coefficient (Wildman–Crippen LogP) is 1.96. The Morgan fingerprint density at radius 2 is 2.33 bits per heavy atom. The molecular formula is C11H14FNO2. The molecule has 82 valence electrons. The molecule has 1 aliphatic heterocycles. The van der Waals surface area contributed by atoms with Gasteiger partial charge in [-0.25, -0.2) is 4.39 Å². The van der Waals surface area contributed by atoms with Crippen LogP contribution in [-0.4, -0.2) is 18.8 Å². The van der Waals surface area contributed by atoms with Crippen LogP contribution in [-0.2, 0) is 0 Å². The molecule has 1 heterocycles. The minimum Gasteiger partial charge on any atom is -0.505 e. The van der Waals surface area contributed by atoms with Crippen LogP contribution in [0.15, 0.2) is 12.1 Å². The van der Waals surface area contributed by atoms with Crippen molar-refractivity contribution in [1.82, 2.24) is 5.32 Å². The lowest BCUT2D eigenvalue weighted by molar-refractivity contribution is 0.388. The summed E-state index contributed by atoms with van der Waals surface area (Å²) < 4.78 is 18.2. The molecule has 1 aromatic rings. The van der Waals surface area contributed by atoms with Gasteiger partial charge < -0.3 is 15.2 Å². The minimum atomic E-state index is -0.645. The molecule has 0 bridgehead atoms. The molecule has 2 N–H and O–H groups in total. The first-order valence-electron chi connectivity index (χ1n) is 5.02. The summed E-state index contributed by atoms with van der Waals surface area (Å²) in [5.41, 5.74) is 0.828. The van der Waals surface area contributed by atoms with E-state index < -0.39 is 5.82 Å². The lowest BCUT2D eigenvalue weighted by Crippen LogP contribution is -2.13. The number of nitrogens with one attached hydrogen (secondary N) is 1. The van der Waals surface area contributed by atoms with Crippen molar-refractivity contribution in [3.63, 3.8) is 0 Å². The van der Waals surface area contributed by atoms with Gasteiger partial charge in [0.25, 0.3) is 0 Å². The highest BCUT2D eigenvalue weighted by Gasteiger charge is 2.21. The number of ether oxygens (including phenoxy) is 1. The highest BCUT2D eigenvalue weighted by molar-refractivity contribution is 5.43. The molecule has 4 heteroatoms. The Bertz CT molecular complexity index is 362. The number of hydrogen-bond donors (Lipinski definition) is 2. The van der Waals surface area contributed by atoms with Gasteiger partial charge in [-0.05, 0) is 25.5 Å². The molecule has 1 fully saturated rings. The van der Waals surface area contributed by atoms with Gasteiger partial charge in [0.15, 0.2) is 11.6 Å². The van der Waals surface area contributed by atoms with E-state index >= 15 is 0 Å². The summed E-state index contributed by atoms with van der Waals surface area (Å²) in [6.07, 6.45) is 2.08. The fourth-order valence-corrected chi connectivity index (χ4v) is 1.96. The number of phenolic OH excluding ortho intramolecular Hbond substituents is 1. The Hall–Kier alpha value is -1.29. The van der Waals surface area contributed by atoms with Gasteiger partial charge in [0.1, 0.15) is 5.75 Å². The van der Waals surface area contributed by atoms with Crippen molar-refractivity contribution in [2.45, 2.75) is 18.9 Å². The summed E-state index contributed by atoms with van der Waals surface area (Å²) in [5, 5.41) is 12.6. The molecule has 1 saturated heterocycles.